The minimum absolute atomic E-state index is 0.0536. The van der Waals surface area contributed by atoms with Gasteiger partial charge >= 0.3 is 12.0 Å². The topological polar surface area (TPSA) is 81.8 Å². The summed E-state index contributed by atoms with van der Waals surface area (Å²) >= 11 is 0. The van der Waals surface area contributed by atoms with Gasteiger partial charge < -0.3 is 19.0 Å². The van der Waals surface area contributed by atoms with Gasteiger partial charge in [-0.3, -0.25) is 0 Å². The van der Waals surface area contributed by atoms with E-state index >= 15 is 0 Å². The lowest BCUT2D eigenvalue weighted by molar-refractivity contribution is 0.0689. The van der Waals surface area contributed by atoms with E-state index in [2.05, 4.69) is 4.98 Å². The molecule has 0 aliphatic rings. The molecule has 1 heterocycles. The van der Waals surface area contributed by atoms with E-state index in [0.717, 1.165) is 6.26 Å². The summed E-state index contributed by atoms with van der Waals surface area (Å²) in [6.07, 6.45) is 0.973. The molecule has 0 amide bonds. The van der Waals surface area contributed by atoms with Crippen LogP contribution in [0.2, 0.25) is 0 Å². The Labute approximate surface area is 80.5 Å². The van der Waals surface area contributed by atoms with Gasteiger partial charge in [0.25, 0.3) is 0 Å². The minimum Gasteiger partial charge on any atom is -0.476 e. The number of carbonyl (C=O) groups is 1. The largest absolute Gasteiger partial charge is 0.476 e. The van der Waals surface area contributed by atoms with Crippen molar-refractivity contribution >= 4 is 5.97 Å². The molecule has 0 aliphatic carbocycles. The Kier molecular flexibility index (Phi) is 3.93. The quantitative estimate of drug-likeness (QED) is 0.685. The number of hydrogen-bond donors (Lipinski definition) is 1. The number of carboxylic acid groups (broad SMARTS) is 1. The summed E-state index contributed by atoms with van der Waals surface area (Å²) in [6, 6.07) is 0. The molecular weight excluding hydrogens is 190 g/mol. The zero-order valence-electron chi connectivity index (χ0n) is 7.73. The Morgan fingerprint density at radius 2 is 2.43 bits per heavy atom. The van der Waals surface area contributed by atoms with Crippen molar-refractivity contribution in [3.05, 3.63) is 12.0 Å². The van der Waals surface area contributed by atoms with E-state index in [1.54, 1.807) is 0 Å². The number of ether oxygens (including phenoxy) is 2. The maximum Gasteiger partial charge on any atom is 0.394 e. The van der Waals surface area contributed by atoms with Crippen molar-refractivity contribution in [2.45, 2.75) is 6.92 Å². The van der Waals surface area contributed by atoms with E-state index in [9.17, 15) is 4.79 Å². The van der Waals surface area contributed by atoms with Crippen molar-refractivity contribution in [3.63, 3.8) is 0 Å². The third-order valence-electron chi connectivity index (χ3n) is 1.36. The Hall–Kier alpha value is -1.56. The van der Waals surface area contributed by atoms with Crippen molar-refractivity contribution in [1.82, 2.24) is 4.98 Å². The van der Waals surface area contributed by atoms with Crippen LogP contribution in [-0.4, -0.2) is 35.9 Å². The van der Waals surface area contributed by atoms with Crippen LogP contribution in [0, 0.1) is 0 Å². The van der Waals surface area contributed by atoms with E-state index in [1.807, 2.05) is 6.92 Å². The highest BCUT2D eigenvalue weighted by Gasteiger charge is 2.10. The van der Waals surface area contributed by atoms with Crippen molar-refractivity contribution in [2.75, 3.05) is 19.8 Å². The number of hydrogen-bond acceptors (Lipinski definition) is 5. The Morgan fingerprint density at radius 1 is 1.64 bits per heavy atom. The average molecular weight is 201 g/mol. The molecule has 0 saturated carbocycles. The lowest BCUT2D eigenvalue weighted by Gasteiger charge is -2.00. The van der Waals surface area contributed by atoms with Crippen LogP contribution in [0.15, 0.2) is 10.7 Å². The highest BCUT2D eigenvalue weighted by atomic mass is 16.6. The Bertz CT molecular complexity index is 296. The van der Waals surface area contributed by atoms with E-state index < -0.39 is 5.97 Å². The first-order valence-corrected chi connectivity index (χ1v) is 4.13. The lowest BCUT2D eigenvalue weighted by atomic mass is 10.5. The van der Waals surface area contributed by atoms with Gasteiger partial charge in [0.05, 0.1) is 6.61 Å². The zero-order chi connectivity index (χ0) is 10.4. The molecule has 0 fully saturated rings. The molecule has 6 nitrogen and oxygen atoms in total. The first kappa shape index (κ1) is 10.5. The molecule has 0 unspecified atom stereocenters. The van der Waals surface area contributed by atoms with Crippen molar-refractivity contribution in [3.8, 4) is 6.08 Å². The second kappa shape index (κ2) is 5.23. The van der Waals surface area contributed by atoms with Crippen molar-refractivity contribution in [2.24, 2.45) is 0 Å². The molecule has 0 bridgehead atoms. The van der Waals surface area contributed by atoms with Gasteiger partial charge in [-0.2, -0.15) is 4.98 Å². The Balaban J connectivity index is 2.33. The number of rotatable bonds is 6. The van der Waals surface area contributed by atoms with Gasteiger partial charge in [0, 0.05) is 6.61 Å². The third-order valence-corrected chi connectivity index (χ3v) is 1.36. The molecule has 1 rings (SSSR count). The molecule has 0 saturated heterocycles. The monoisotopic (exact) mass is 201 g/mol. The van der Waals surface area contributed by atoms with Crippen molar-refractivity contribution < 1.29 is 23.8 Å². The molecule has 78 valence electrons. The van der Waals surface area contributed by atoms with E-state index in [1.165, 1.54) is 0 Å². The van der Waals surface area contributed by atoms with Crippen LogP contribution in [-0.2, 0) is 4.74 Å². The smallest absolute Gasteiger partial charge is 0.394 e. The average Bonchev–Trinajstić information content (AvgIpc) is 2.61. The Morgan fingerprint density at radius 3 is 3.00 bits per heavy atom. The van der Waals surface area contributed by atoms with Gasteiger partial charge in [-0.25, -0.2) is 4.79 Å². The van der Waals surface area contributed by atoms with Crippen LogP contribution >= 0.6 is 0 Å². The highest BCUT2D eigenvalue weighted by molar-refractivity contribution is 5.84. The summed E-state index contributed by atoms with van der Waals surface area (Å²) in [7, 11) is 0. The van der Waals surface area contributed by atoms with Gasteiger partial charge in [-0.1, -0.05) is 0 Å². The molecule has 1 aromatic rings. The molecule has 0 aliphatic heterocycles. The molecule has 0 atom stereocenters. The fourth-order valence-electron chi connectivity index (χ4n) is 0.754. The van der Waals surface area contributed by atoms with Gasteiger partial charge in [0.15, 0.2) is 5.69 Å². The third kappa shape index (κ3) is 3.06. The van der Waals surface area contributed by atoms with E-state index in [4.69, 9.17) is 19.0 Å². The number of oxazole rings is 1. The minimum atomic E-state index is -1.14. The maximum absolute atomic E-state index is 10.4. The SMILES string of the molecule is CCOCCOc1nc(C(=O)O)co1. The summed E-state index contributed by atoms with van der Waals surface area (Å²) in [5.41, 5.74) is -0.170. The zero-order valence-corrected chi connectivity index (χ0v) is 7.73. The molecule has 14 heavy (non-hydrogen) atoms. The lowest BCUT2D eigenvalue weighted by Crippen LogP contribution is -2.06. The fraction of sp³-hybridized carbons (Fsp3) is 0.500. The fourth-order valence-corrected chi connectivity index (χ4v) is 0.754. The molecule has 1 aromatic heterocycles. The summed E-state index contributed by atoms with van der Waals surface area (Å²) in [4.78, 5) is 14.0. The van der Waals surface area contributed by atoms with Gasteiger partial charge in [0.2, 0.25) is 0 Å². The molecular formula is C8H11NO5. The number of carboxylic acids is 1. The normalized spacial score (nSPS) is 10.1. The van der Waals surface area contributed by atoms with E-state index in [0.29, 0.717) is 13.2 Å². The molecule has 0 radical (unpaired) electrons. The highest BCUT2D eigenvalue weighted by Crippen LogP contribution is 2.09. The molecule has 0 spiro atoms. The first-order valence-electron chi connectivity index (χ1n) is 4.13. The predicted octanol–water partition coefficient (Wildman–Crippen LogP) is 0.788. The molecule has 6 heteroatoms. The van der Waals surface area contributed by atoms with Gasteiger partial charge in [-0.15, -0.1) is 0 Å². The summed E-state index contributed by atoms with van der Waals surface area (Å²) in [5, 5.41) is 8.51. The summed E-state index contributed by atoms with van der Waals surface area (Å²) in [6.45, 7) is 3.18. The summed E-state index contributed by atoms with van der Waals surface area (Å²) < 4.78 is 14.7. The summed E-state index contributed by atoms with van der Waals surface area (Å²) in [5.74, 6) is -1.14. The van der Waals surface area contributed by atoms with Crippen LogP contribution in [0.25, 0.3) is 0 Å². The molecule has 0 aromatic carbocycles. The number of aromatic carboxylic acids is 1. The van der Waals surface area contributed by atoms with Gasteiger partial charge in [-0.05, 0) is 6.92 Å². The maximum atomic E-state index is 10.4. The first-order chi connectivity index (χ1) is 6.74. The van der Waals surface area contributed by atoms with Crippen LogP contribution < -0.4 is 4.74 Å². The predicted molar refractivity (Wildman–Crippen MR) is 45.5 cm³/mol. The van der Waals surface area contributed by atoms with Crippen LogP contribution in [0.4, 0.5) is 0 Å². The van der Waals surface area contributed by atoms with Crippen LogP contribution in [0.5, 0.6) is 6.08 Å². The second-order valence-corrected chi connectivity index (χ2v) is 2.35. The number of nitrogens with zero attached hydrogens (tertiary/aromatic N) is 1. The van der Waals surface area contributed by atoms with Crippen molar-refractivity contribution in [1.29, 1.82) is 0 Å². The van der Waals surface area contributed by atoms with Crippen LogP contribution in [0.3, 0.4) is 0 Å². The van der Waals surface area contributed by atoms with Crippen LogP contribution in [0.1, 0.15) is 17.4 Å². The molecule has 1 N–H and O–H groups in total. The second-order valence-electron chi connectivity index (χ2n) is 2.35. The van der Waals surface area contributed by atoms with Gasteiger partial charge in [0.1, 0.15) is 12.9 Å². The van der Waals surface area contributed by atoms with E-state index in [-0.39, 0.29) is 18.4 Å². The number of aromatic nitrogens is 1. The standard InChI is InChI=1S/C8H11NO5/c1-2-12-3-4-13-8-9-6(5-14-8)7(10)11/h5H,2-4H2,1H3,(H,10,11).